The Kier molecular flexibility index (Phi) is 5.24. The topological polar surface area (TPSA) is 46.5 Å². The van der Waals surface area contributed by atoms with Gasteiger partial charge in [-0.1, -0.05) is 26.2 Å². The van der Waals surface area contributed by atoms with E-state index in [1.54, 1.807) is 12.1 Å². The molecule has 0 amide bonds. The summed E-state index contributed by atoms with van der Waals surface area (Å²) in [5.41, 5.74) is 0.525. The van der Waals surface area contributed by atoms with Gasteiger partial charge in [0.1, 0.15) is 11.9 Å². The smallest absolute Gasteiger partial charge is 0.338 e. The molecule has 1 aromatic rings. The van der Waals surface area contributed by atoms with E-state index in [2.05, 4.69) is 6.92 Å². The average Bonchev–Trinajstić information content (AvgIpc) is 2.56. The van der Waals surface area contributed by atoms with Crippen LogP contribution in [0.3, 0.4) is 0 Å². The minimum Gasteiger partial charge on any atom is -0.508 e. The van der Waals surface area contributed by atoms with Gasteiger partial charge in [-0.3, -0.25) is 0 Å². The van der Waals surface area contributed by atoms with Crippen LogP contribution in [0.25, 0.3) is 0 Å². The van der Waals surface area contributed by atoms with Gasteiger partial charge in [0.15, 0.2) is 0 Å². The lowest BCUT2D eigenvalue weighted by atomic mass is 9.66. The van der Waals surface area contributed by atoms with E-state index >= 15 is 0 Å². The van der Waals surface area contributed by atoms with Crippen molar-refractivity contribution in [1.29, 1.82) is 0 Å². The Bertz CT molecular complexity index is 522. The number of carbonyl (C=O) groups is 1. The van der Waals surface area contributed by atoms with E-state index in [-0.39, 0.29) is 17.8 Å². The average molecular weight is 316 g/mol. The maximum atomic E-state index is 12.2. The van der Waals surface area contributed by atoms with E-state index in [1.165, 1.54) is 50.7 Å². The van der Waals surface area contributed by atoms with E-state index in [0.717, 1.165) is 30.6 Å². The lowest BCUT2D eigenvalue weighted by Crippen LogP contribution is -2.35. The number of fused-ring (bicyclic) bond motifs is 1. The molecule has 4 atom stereocenters. The second kappa shape index (κ2) is 7.37. The molecule has 2 fully saturated rings. The summed E-state index contributed by atoms with van der Waals surface area (Å²) in [6.07, 6.45) is 10.0. The molecule has 126 valence electrons. The van der Waals surface area contributed by atoms with Gasteiger partial charge in [0.05, 0.1) is 5.56 Å². The summed E-state index contributed by atoms with van der Waals surface area (Å²) < 4.78 is 5.72. The van der Waals surface area contributed by atoms with Crippen molar-refractivity contribution in [2.45, 2.75) is 64.4 Å². The van der Waals surface area contributed by atoms with Crippen LogP contribution < -0.4 is 0 Å². The number of carbonyl (C=O) groups excluding carboxylic acids is 1. The summed E-state index contributed by atoms with van der Waals surface area (Å²) in [6.45, 7) is 2.28. The molecule has 3 heteroatoms. The Hall–Kier alpha value is -1.51. The lowest BCUT2D eigenvalue weighted by Gasteiger charge is -2.41. The number of benzene rings is 1. The summed E-state index contributed by atoms with van der Waals surface area (Å²) in [7, 11) is 0. The van der Waals surface area contributed by atoms with Gasteiger partial charge in [-0.05, 0) is 74.1 Å². The van der Waals surface area contributed by atoms with Gasteiger partial charge < -0.3 is 9.84 Å². The van der Waals surface area contributed by atoms with Crippen LogP contribution in [0.1, 0.15) is 68.6 Å². The molecule has 0 saturated heterocycles. The molecular formula is C20H28O3. The maximum Gasteiger partial charge on any atom is 0.338 e. The summed E-state index contributed by atoms with van der Waals surface area (Å²) in [5, 5.41) is 9.30. The highest BCUT2D eigenvalue weighted by Gasteiger charge is 2.36. The molecule has 3 nitrogen and oxygen atoms in total. The predicted molar refractivity (Wildman–Crippen MR) is 90.4 cm³/mol. The SMILES string of the molecule is CCC[C@H]1CC[C@H]2C[C@H](OC(=O)c3ccc(O)cc3)CC[C@@H]2C1. The number of esters is 1. The number of phenolic OH excluding ortho intramolecular Hbond substituents is 1. The van der Waals surface area contributed by atoms with E-state index in [9.17, 15) is 9.90 Å². The molecule has 2 aliphatic rings. The van der Waals surface area contributed by atoms with Crippen LogP contribution in [0.4, 0.5) is 0 Å². The lowest BCUT2D eigenvalue weighted by molar-refractivity contribution is -0.00620. The van der Waals surface area contributed by atoms with Gasteiger partial charge in [0, 0.05) is 0 Å². The van der Waals surface area contributed by atoms with Crippen molar-refractivity contribution in [3.8, 4) is 5.75 Å². The summed E-state index contributed by atoms with van der Waals surface area (Å²) >= 11 is 0. The largest absolute Gasteiger partial charge is 0.508 e. The monoisotopic (exact) mass is 316 g/mol. The predicted octanol–water partition coefficient (Wildman–Crippen LogP) is 4.93. The van der Waals surface area contributed by atoms with Crippen molar-refractivity contribution >= 4 is 5.97 Å². The highest BCUT2D eigenvalue weighted by atomic mass is 16.5. The quantitative estimate of drug-likeness (QED) is 0.801. The third kappa shape index (κ3) is 4.07. The van der Waals surface area contributed by atoms with Crippen molar-refractivity contribution in [3.63, 3.8) is 0 Å². The number of hydrogen-bond acceptors (Lipinski definition) is 3. The molecule has 0 aromatic heterocycles. The zero-order chi connectivity index (χ0) is 16.2. The molecule has 0 bridgehead atoms. The standard InChI is InChI=1S/C20H28O3/c1-2-3-14-4-5-17-13-19(11-8-16(17)12-14)23-20(22)15-6-9-18(21)10-7-15/h6-7,9-10,14,16-17,19,21H,2-5,8,11-13H2,1H3/t14-,16+,17-,19+/m0/s1. The minimum absolute atomic E-state index is 0.0697. The van der Waals surface area contributed by atoms with Crippen LogP contribution in [-0.4, -0.2) is 17.2 Å². The molecular weight excluding hydrogens is 288 g/mol. The third-order valence-electron chi connectivity index (χ3n) is 5.75. The molecule has 0 aliphatic heterocycles. The van der Waals surface area contributed by atoms with Gasteiger partial charge in [0.2, 0.25) is 0 Å². The second-order valence-electron chi connectivity index (χ2n) is 7.38. The molecule has 2 saturated carbocycles. The third-order valence-corrected chi connectivity index (χ3v) is 5.75. The highest BCUT2D eigenvalue weighted by molar-refractivity contribution is 5.89. The molecule has 3 rings (SSSR count). The van der Waals surface area contributed by atoms with Gasteiger partial charge in [-0.15, -0.1) is 0 Å². The van der Waals surface area contributed by atoms with E-state index < -0.39 is 0 Å². The first kappa shape index (κ1) is 16.4. The fraction of sp³-hybridized carbons (Fsp3) is 0.650. The molecule has 0 spiro atoms. The van der Waals surface area contributed by atoms with Crippen molar-refractivity contribution < 1.29 is 14.6 Å². The molecule has 1 N–H and O–H groups in total. The van der Waals surface area contributed by atoms with Crippen LogP contribution in [0, 0.1) is 17.8 Å². The first-order valence-electron chi connectivity index (χ1n) is 9.15. The van der Waals surface area contributed by atoms with E-state index in [1.807, 2.05) is 0 Å². The van der Waals surface area contributed by atoms with Crippen molar-refractivity contribution in [2.75, 3.05) is 0 Å². The number of aromatic hydroxyl groups is 1. The maximum absolute atomic E-state index is 12.2. The normalized spacial score (nSPS) is 30.5. The Balaban J connectivity index is 1.52. The van der Waals surface area contributed by atoms with Crippen molar-refractivity contribution in [3.05, 3.63) is 29.8 Å². The first-order chi connectivity index (χ1) is 11.2. The number of ether oxygens (including phenoxy) is 1. The van der Waals surface area contributed by atoms with Gasteiger partial charge in [0.25, 0.3) is 0 Å². The minimum atomic E-state index is -0.256. The summed E-state index contributed by atoms with van der Waals surface area (Å²) in [6, 6.07) is 6.31. The molecule has 2 aliphatic carbocycles. The van der Waals surface area contributed by atoms with Gasteiger partial charge >= 0.3 is 5.97 Å². The fourth-order valence-electron chi connectivity index (χ4n) is 4.54. The van der Waals surface area contributed by atoms with Gasteiger partial charge in [-0.25, -0.2) is 4.79 Å². The van der Waals surface area contributed by atoms with Crippen LogP contribution in [-0.2, 0) is 4.74 Å². The van der Waals surface area contributed by atoms with Crippen molar-refractivity contribution in [2.24, 2.45) is 17.8 Å². The zero-order valence-corrected chi connectivity index (χ0v) is 14.0. The molecule has 0 radical (unpaired) electrons. The van der Waals surface area contributed by atoms with Crippen LogP contribution in [0.5, 0.6) is 5.75 Å². The van der Waals surface area contributed by atoms with E-state index in [4.69, 9.17) is 4.74 Å². The zero-order valence-electron chi connectivity index (χ0n) is 14.0. The van der Waals surface area contributed by atoms with E-state index in [0.29, 0.717) is 5.56 Å². The second-order valence-corrected chi connectivity index (χ2v) is 7.38. The van der Waals surface area contributed by atoms with Crippen LogP contribution >= 0.6 is 0 Å². The van der Waals surface area contributed by atoms with Crippen LogP contribution in [0.15, 0.2) is 24.3 Å². The Morgan fingerprint density at radius 3 is 2.52 bits per heavy atom. The number of hydrogen-bond donors (Lipinski definition) is 1. The Morgan fingerprint density at radius 2 is 1.78 bits per heavy atom. The molecule has 1 aromatic carbocycles. The fourth-order valence-corrected chi connectivity index (χ4v) is 4.54. The summed E-state index contributed by atoms with van der Waals surface area (Å²) in [4.78, 5) is 12.2. The Morgan fingerprint density at radius 1 is 1.09 bits per heavy atom. The molecule has 0 heterocycles. The molecule has 23 heavy (non-hydrogen) atoms. The summed E-state index contributed by atoms with van der Waals surface area (Å²) in [5.74, 6) is 2.44. The number of rotatable bonds is 4. The van der Waals surface area contributed by atoms with Crippen molar-refractivity contribution in [1.82, 2.24) is 0 Å². The highest BCUT2D eigenvalue weighted by Crippen LogP contribution is 2.44. The number of phenols is 1. The molecule has 0 unspecified atom stereocenters. The van der Waals surface area contributed by atoms with Gasteiger partial charge in [-0.2, -0.15) is 0 Å². The van der Waals surface area contributed by atoms with Crippen LogP contribution in [0.2, 0.25) is 0 Å². The Labute approximate surface area is 139 Å². The first-order valence-corrected chi connectivity index (χ1v) is 9.15.